The maximum Gasteiger partial charge on any atom is 0.417 e. The number of nitrogens with zero attached hydrogens (tertiary/aromatic N) is 2. The summed E-state index contributed by atoms with van der Waals surface area (Å²) in [5, 5.41) is 0. The molecule has 0 radical (unpaired) electrons. The van der Waals surface area contributed by atoms with E-state index in [9.17, 15) is 35.9 Å². The lowest BCUT2D eigenvalue weighted by Gasteiger charge is -2.35. The van der Waals surface area contributed by atoms with Crippen LogP contribution in [0, 0.1) is 0 Å². The Balaban J connectivity index is 1.74. The van der Waals surface area contributed by atoms with Crippen molar-refractivity contribution >= 4 is 11.8 Å². The fraction of sp³-hybridized carbons (Fsp3) is 0.300. The van der Waals surface area contributed by atoms with E-state index in [1.54, 1.807) is 0 Å². The number of benzene rings is 2. The number of carbonyl (C=O) groups excluding carboxylic acids is 2. The Labute approximate surface area is 167 Å². The molecule has 0 N–H and O–H groups in total. The summed E-state index contributed by atoms with van der Waals surface area (Å²) in [4.78, 5) is 27.5. The number of amides is 2. The van der Waals surface area contributed by atoms with Crippen LogP contribution in [0.2, 0.25) is 0 Å². The largest absolute Gasteiger partial charge is 0.417 e. The Morgan fingerprint density at radius 1 is 0.600 bits per heavy atom. The van der Waals surface area contributed by atoms with Gasteiger partial charge in [-0.3, -0.25) is 9.59 Å². The lowest BCUT2D eigenvalue weighted by Crippen LogP contribution is -2.51. The van der Waals surface area contributed by atoms with Gasteiger partial charge in [0.25, 0.3) is 11.8 Å². The number of rotatable bonds is 2. The molecule has 4 nitrogen and oxygen atoms in total. The molecule has 2 amide bonds. The summed E-state index contributed by atoms with van der Waals surface area (Å²) in [6.07, 6.45) is -9.41. The molecule has 1 heterocycles. The molecule has 10 heteroatoms. The van der Waals surface area contributed by atoms with E-state index >= 15 is 0 Å². The molecule has 0 aliphatic carbocycles. The second kappa shape index (κ2) is 8.00. The zero-order valence-electron chi connectivity index (χ0n) is 15.4. The van der Waals surface area contributed by atoms with Crippen LogP contribution in [-0.4, -0.2) is 47.8 Å². The number of halogens is 6. The van der Waals surface area contributed by atoms with Gasteiger partial charge in [-0.25, -0.2) is 0 Å². The molecule has 160 valence electrons. The Hall–Kier alpha value is -3.04. The van der Waals surface area contributed by atoms with Gasteiger partial charge in [0, 0.05) is 26.2 Å². The van der Waals surface area contributed by atoms with E-state index in [0.717, 1.165) is 34.1 Å². The van der Waals surface area contributed by atoms with Crippen molar-refractivity contribution in [3.8, 4) is 0 Å². The molecular weight excluding hydrogens is 414 g/mol. The highest BCUT2D eigenvalue weighted by atomic mass is 19.4. The molecule has 2 aromatic rings. The third kappa shape index (κ3) is 4.42. The molecule has 0 atom stereocenters. The van der Waals surface area contributed by atoms with E-state index in [0.29, 0.717) is 0 Å². The molecule has 3 rings (SSSR count). The van der Waals surface area contributed by atoms with Gasteiger partial charge in [0.2, 0.25) is 0 Å². The van der Waals surface area contributed by atoms with Gasteiger partial charge in [0.05, 0.1) is 22.3 Å². The van der Waals surface area contributed by atoms with Gasteiger partial charge in [0.15, 0.2) is 0 Å². The lowest BCUT2D eigenvalue weighted by molar-refractivity contribution is -0.138. The van der Waals surface area contributed by atoms with Crippen LogP contribution in [0.3, 0.4) is 0 Å². The van der Waals surface area contributed by atoms with E-state index in [1.807, 2.05) is 0 Å². The summed E-state index contributed by atoms with van der Waals surface area (Å²) in [6, 6.07) is 8.74. The Morgan fingerprint density at radius 3 is 1.20 bits per heavy atom. The van der Waals surface area contributed by atoms with Gasteiger partial charge in [-0.05, 0) is 24.3 Å². The average Bonchev–Trinajstić information content (AvgIpc) is 2.71. The second-order valence-electron chi connectivity index (χ2n) is 6.67. The Kier molecular flexibility index (Phi) is 5.78. The topological polar surface area (TPSA) is 40.6 Å². The van der Waals surface area contributed by atoms with Gasteiger partial charge in [-0.2, -0.15) is 26.3 Å². The van der Waals surface area contributed by atoms with Crippen molar-refractivity contribution in [2.24, 2.45) is 0 Å². The van der Waals surface area contributed by atoms with Crippen LogP contribution in [0.5, 0.6) is 0 Å². The van der Waals surface area contributed by atoms with Crippen LogP contribution in [0.15, 0.2) is 48.5 Å². The van der Waals surface area contributed by atoms with Crippen LogP contribution in [0.1, 0.15) is 31.8 Å². The Bertz CT molecular complexity index is 869. The number of carbonyl (C=O) groups is 2. The fourth-order valence-electron chi connectivity index (χ4n) is 3.29. The summed E-state index contributed by atoms with van der Waals surface area (Å²) < 4.78 is 78.9. The first kappa shape index (κ1) is 21.7. The summed E-state index contributed by atoms with van der Waals surface area (Å²) in [6.45, 7) is -0.369. The van der Waals surface area contributed by atoms with Gasteiger partial charge >= 0.3 is 12.4 Å². The highest BCUT2D eigenvalue weighted by Gasteiger charge is 2.38. The zero-order valence-corrected chi connectivity index (χ0v) is 15.4. The van der Waals surface area contributed by atoms with Crippen LogP contribution in [0.25, 0.3) is 0 Å². The molecule has 2 aromatic carbocycles. The normalized spacial score (nSPS) is 15.3. The molecule has 0 spiro atoms. The molecule has 0 aromatic heterocycles. The van der Waals surface area contributed by atoms with Crippen molar-refractivity contribution in [3.05, 3.63) is 70.8 Å². The molecule has 0 bridgehead atoms. The summed E-state index contributed by atoms with van der Waals surface area (Å²) in [7, 11) is 0. The molecule has 1 aliphatic rings. The van der Waals surface area contributed by atoms with Crippen LogP contribution >= 0.6 is 0 Å². The molecule has 1 fully saturated rings. The Morgan fingerprint density at radius 2 is 0.900 bits per heavy atom. The molecule has 0 saturated carbocycles. The van der Waals surface area contributed by atoms with Gasteiger partial charge < -0.3 is 9.80 Å². The van der Waals surface area contributed by atoms with Gasteiger partial charge in [-0.1, -0.05) is 24.3 Å². The predicted octanol–water partition coefficient (Wildman–Crippen LogP) is 4.32. The molecule has 1 aliphatic heterocycles. The van der Waals surface area contributed by atoms with Gasteiger partial charge in [0.1, 0.15) is 0 Å². The number of alkyl halides is 6. The van der Waals surface area contributed by atoms with Gasteiger partial charge in [-0.15, -0.1) is 0 Å². The first-order valence-corrected chi connectivity index (χ1v) is 8.91. The van der Waals surface area contributed by atoms with Crippen molar-refractivity contribution in [1.29, 1.82) is 0 Å². The first-order valence-electron chi connectivity index (χ1n) is 8.91. The summed E-state index contributed by atoms with van der Waals surface area (Å²) in [5.41, 5.74) is -3.14. The predicted molar refractivity (Wildman–Crippen MR) is 94.7 cm³/mol. The average molecular weight is 430 g/mol. The monoisotopic (exact) mass is 430 g/mol. The molecule has 1 saturated heterocycles. The molecule has 30 heavy (non-hydrogen) atoms. The van der Waals surface area contributed by atoms with E-state index < -0.39 is 46.4 Å². The standard InChI is InChI=1S/C20H16F6N2O2/c21-19(22,23)15-7-3-1-5-13(15)17(29)27-9-11-28(12-10-27)18(30)14-6-2-4-8-16(14)20(24,25)26/h1-8H,9-12H2. The summed E-state index contributed by atoms with van der Waals surface area (Å²) in [5.74, 6) is -1.68. The van der Waals surface area contributed by atoms with Crippen LogP contribution in [-0.2, 0) is 12.4 Å². The quantitative estimate of drug-likeness (QED) is 0.666. The minimum absolute atomic E-state index is 0.0923. The smallest absolute Gasteiger partial charge is 0.335 e. The van der Waals surface area contributed by atoms with Crippen LogP contribution < -0.4 is 0 Å². The fourth-order valence-corrected chi connectivity index (χ4v) is 3.29. The highest BCUT2D eigenvalue weighted by Crippen LogP contribution is 2.34. The van der Waals surface area contributed by atoms with E-state index in [2.05, 4.69) is 0 Å². The van der Waals surface area contributed by atoms with Crippen molar-refractivity contribution < 1.29 is 35.9 Å². The highest BCUT2D eigenvalue weighted by molar-refractivity contribution is 5.97. The number of hydrogen-bond acceptors (Lipinski definition) is 2. The second-order valence-corrected chi connectivity index (χ2v) is 6.67. The minimum Gasteiger partial charge on any atom is -0.335 e. The van der Waals surface area contributed by atoms with E-state index in [4.69, 9.17) is 0 Å². The SMILES string of the molecule is O=C(c1ccccc1C(F)(F)F)N1CCN(C(=O)c2ccccc2C(F)(F)F)CC1. The lowest BCUT2D eigenvalue weighted by atomic mass is 10.0. The summed E-state index contributed by atoms with van der Waals surface area (Å²) >= 11 is 0. The third-order valence-electron chi connectivity index (χ3n) is 4.78. The molecular formula is C20H16F6N2O2. The van der Waals surface area contributed by atoms with Crippen molar-refractivity contribution in [3.63, 3.8) is 0 Å². The number of hydrogen-bond donors (Lipinski definition) is 0. The maximum absolute atomic E-state index is 13.2. The zero-order chi connectivity index (χ0) is 22.1. The minimum atomic E-state index is -4.70. The first-order chi connectivity index (χ1) is 14.0. The van der Waals surface area contributed by atoms with Crippen molar-refractivity contribution in [2.45, 2.75) is 12.4 Å². The molecule has 0 unspecified atom stereocenters. The number of piperazine rings is 1. The van der Waals surface area contributed by atoms with Crippen molar-refractivity contribution in [2.75, 3.05) is 26.2 Å². The van der Waals surface area contributed by atoms with Crippen LogP contribution in [0.4, 0.5) is 26.3 Å². The van der Waals surface area contributed by atoms with E-state index in [-0.39, 0.29) is 26.2 Å². The van der Waals surface area contributed by atoms with E-state index in [1.165, 1.54) is 24.3 Å². The maximum atomic E-state index is 13.2. The third-order valence-corrected chi connectivity index (χ3v) is 4.78. The van der Waals surface area contributed by atoms with Crippen molar-refractivity contribution in [1.82, 2.24) is 9.80 Å².